The van der Waals surface area contributed by atoms with Gasteiger partial charge >= 0.3 is 12.0 Å². The number of rotatable bonds is 10. The van der Waals surface area contributed by atoms with E-state index in [4.69, 9.17) is 14.2 Å². The zero-order chi connectivity index (χ0) is 19.4. The van der Waals surface area contributed by atoms with Crippen molar-refractivity contribution in [2.45, 2.75) is 40.0 Å². The molecule has 0 fully saturated rings. The van der Waals surface area contributed by atoms with Gasteiger partial charge in [-0.1, -0.05) is 13.3 Å². The third-order valence-electron chi connectivity index (χ3n) is 3.15. The highest BCUT2D eigenvalue weighted by molar-refractivity contribution is 6.02. The molecule has 8 heteroatoms. The Balaban J connectivity index is 2.52. The number of nitrogens with one attached hydrogen (secondary N) is 2. The Morgan fingerprint density at radius 3 is 2.35 bits per heavy atom. The van der Waals surface area contributed by atoms with Gasteiger partial charge in [0.25, 0.3) is 5.91 Å². The van der Waals surface area contributed by atoms with Gasteiger partial charge in [-0.15, -0.1) is 0 Å². The normalized spacial score (nSPS) is 9.96. The maximum atomic E-state index is 11.9. The smallest absolute Gasteiger partial charge is 0.325 e. The van der Waals surface area contributed by atoms with Crippen LogP contribution in [-0.2, 0) is 14.3 Å². The molecule has 144 valence electrons. The van der Waals surface area contributed by atoms with Gasteiger partial charge in [0.05, 0.1) is 13.2 Å². The molecule has 0 atom stereocenters. The summed E-state index contributed by atoms with van der Waals surface area (Å²) in [6.45, 7) is 6.07. The van der Waals surface area contributed by atoms with Crippen molar-refractivity contribution >= 4 is 23.6 Å². The molecular weight excluding hydrogens is 340 g/mol. The summed E-state index contributed by atoms with van der Waals surface area (Å²) in [7, 11) is 0. The van der Waals surface area contributed by atoms with Crippen molar-refractivity contribution in [3.8, 4) is 11.5 Å². The SMILES string of the molecule is CCCCC(=O)OCC(=O)NC(=O)Nc1ccc(OCC)c(OCC)c1. The minimum absolute atomic E-state index is 0.252. The van der Waals surface area contributed by atoms with Gasteiger partial charge in [-0.3, -0.25) is 14.9 Å². The van der Waals surface area contributed by atoms with Crippen LogP contribution in [0, 0.1) is 0 Å². The highest BCUT2D eigenvalue weighted by Gasteiger charge is 2.12. The molecule has 26 heavy (non-hydrogen) atoms. The first-order valence-electron chi connectivity index (χ1n) is 8.66. The number of benzene rings is 1. The van der Waals surface area contributed by atoms with Gasteiger partial charge in [-0.25, -0.2) is 4.79 Å². The van der Waals surface area contributed by atoms with Crippen LogP contribution in [0.5, 0.6) is 11.5 Å². The van der Waals surface area contributed by atoms with Crippen LogP contribution in [0.2, 0.25) is 0 Å². The molecular formula is C18H26N2O6. The van der Waals surface area contributed by atoms with Gasteiger partial charge in [0.15, 0.2) is 18.1 Å². The number of ether oxygens (including phenoxy) is 3. The Kier molecular flexibility index (Phi) is 9.59. The third-order valence-corrected chi connectivity index (χ3v) is 3.15. The molecule has 8 nitrogen and oxygen atoms in total. The van der Waals surface area contributed by atoms with E-state index in [9.17, 15) is 14.4 Å². The van der Waals surface area contributed by atoms with Crippen LogP contribution in [-0.4, -0.2) is 37.7 Å². The molecule has 0 radical (unpaired) electrons. The lowest BCUT2D eigenvalue weighted by Crippen LogP contribution is -2.37. The molecule has 0 spiro atoms. The van der Waals surface area contributed by atoms with Crippen molar-refractivity contribution in [2.75, 3.05) is 25.1 Å². The van der Waals surface area contributed by atoms with E-state index in [1.807, 2.05) is 20.8 Å². The molecule has 0 aliphatic heterocycles. The van der Waals surface area contributed by atoms with Crippen LogP contribution in [0.15, 0.2) is 18.2 Å². The Labute approximate surface area is 153 Å². The third kappa shape index (κ3) is 7.87. The van der Waals surface area contributed by atoms with Crippen LogP contribution in [0.25, 0.3) is 0 Å². The van der Waals surface area contributed by atoms with Crippen LogP contribution in [0.1, 0.15) is 40.0 Å². The highest BCUT2D eigenvalue weighted by atomic mass is 16.5. The lowest BCUT2D eigenvalue weighted by Gasteiger charge is -2.13. The van der Waals surface area contributed by atoms with Gasteiger partial charge in [0.1, 0.15) is 0 Å². The summed E-state index contributed by atoms with van der Waals surface area (Å²) >= 11 is 0. The minimum atomic E-state index is -0.730. The predicted octanol–water partition coefficient (Wildman–Crippen LogP) is 2.87. The monoisotopic (exact) mass is 366 g/mol. The second-order valence-electron chi connectivity index (χ2n) is 5.29. The molecule has 0 saturated carbocycles. The molecule has 0 bridgehead atoms. The van der Waals surface area contributed by atoms with Gasteiger partial charge in [-0.2, -0.15) is 0 Å². The second kappa shape index (κ2) is 11.7. The Morgan fingerprint density at radius 1 is 1.00 bits per heavy atom. The maximum Gasteiger partial charge on any atom is 0.325 e. The molecule has 0 aliphatic rings. The molecule has 0 heterocycles. The fraction of sp³-hybridized carbons (Fsp3) is 0.500. The zero-order valence-electron chi connectivity index (χ0n) is 15.4. The highest BCUT2D eigenvalue weighted by Crippen LogP contribution is 2.30. The standard InChI is InChI=1S/C18H26N2O6/c1-4-7-8-17(22)26-12-16(21)20-18(23)19-13-9-10-14(24-5-2)15(11-13)25-6-3/h9-11H,4-8,12H2,1-3H3,(H2,19,20,21,23). The molecule has 1 aromatic carbocycles. The van der Waals surface area contributed by atoms with E-state index in [1.165, 1.54) is 0 Å². The zero-order valence-corrected chi connectivity index (χ0v) is 15.4. The summed E-state index contributed by atoms with van der Waals surface area (Å²) in [5, 5.41) is 4.61. The van der Waals surface area contributed by atoms with Gasteiger partial charge < -0.3 is 19.5 Å². The second-order valence-corrected chi connectivity index (χ2v) is 5.29. The number of esters is 1. The Bertz CT molecular complexity index is 618. The van der Waals surface area contributed by atoms with E-state index in [0.717, 1.165) is 6.42 Å². The van der Waals surface area contributed by atoms with Gasteiger partial charge in [0.2, 0.25) is 0 Å². The van der Waals surface area contributed by atoms with E-state index in [-0.39, 0.29) is 6.42 Å². The maximum absolute atomic E-state index is 11.9. The van der Waals surface area contributed by atoms with E-state index in [1.54, 1.807) is 18.2 Å². The number of hydrogen-bond acceptors (Lipinski definition) is 6. The number of imide groups is 1. The van der Waals surface area contributed by atoms with E-state index >= 15 is 0 Å². The van der Waals surface area contributed by atoms with Crippen LogP contribution < -0.4 is 20.1 Å². The van der Waals surface area contributed by atoms with Crippen LogP contribution >= 0.6 is 0 Å². The molecule has 1 rings (SSSR count). The first-order valence-corrected chi connectivity index (χ1v) is 8.66. The average molecular weight is 366 g/mol. The summed E-state index contributed by atoms with van der Waals surface area (Å²) in [6.07, 6.45) is 1.80. The summed E-state index contributed by atoms with van der Waals surface area (Å²) < 4.78 is 15.7. The lowest BCUT2D eigenvalue weighted by molar-refractivity contribution is -0.148. The van der Waals surface area contributed by atoms with Gasteiger partial charge in [0, 0.05) is 18.2 Å². The largest absolute Gasteiger partial charge is 0.490 e. The van der Waals surface area contributed by atoms with Crippen molar-refractivity contribution < 1.29 is 28.6 Å². The number of unbranched alkanes of at least 4 members (excludes halogenated alkanes) is 1. The summed E-state index contributed by atoms with van der Waals surface area (Å²) in [4.78, 5) is 34.8. The number of anilines is 1. The van der Waals surface area contributed by atoms with E-state index in [0.29, 0.717) is 36.8 Å². The molecule has 0 saturated heterocycles. The average Bonchev–Trinajstić information content (AvgIpc) is 2.60. The number of carbonyl (C=O) groups excluding carboxylic acids is 3. The number of urea groups is 1. The van der Waals surface area contributed by atoms with Gasteiger partial charge in [-0.05, 0) is 32.4 Å². The summed E-state index contributed by atoms with van der Waals surface area (Å²) in [5.41, 5.74) is 0.433. The first kappa shape index (κ1) is 21.3. The molecule has 3 amide bonds. The number of carbonyl (C=O) groups is 3. The van der Waals surface area contributed by atoms with E-state index in [2.05, 4.69) is 10.6 Å². The van der Waals surface area contributed by atoms with Crippen molar-refractivity contribution in [3.63, 3.8) is 0 Å². The first-order chi connectivity index (χ1) is 12.5. The fourth-order valence-corrected chi connectivity index (χ4v) is 1.99. The molecule has 0 aliphatic carbocycles. The lowest BCUT2D eigenvalue weighted by atomic mass is 10.2. The van der Waals surface area contributed by atoms with Crippen molar-refractivity contribution in [1.29, 1.82) is 0 Å². The van der Waals surface area contributed by atoms with Crippen LogP contribution in [0.4, 0.5) is 10.5 Å². The quantitative estimate of drug-likeness (QED) is 0.617. The van der Waals surface area contributed by atoms with Crippen molar-refractivity contribution in [2.24, 2.45) is 0 Å². The molecule has 0 unspecified atom stereocenters. The molecule has 2 N–H and O–H groups in total. The topological polar surface area (TPSA) is 103 Å². The van der Waals surface area contributed by atoms with Crippen molar-refractivity contribution in [1.82, 2.24) is 5.32 Å². The number of hydrogen-bond donors (Lipinski definition) is 2. The number of amides is 3. The summed E-state index contributed by atoms with van der Waals surface area (Å²) in [5.74, 6) is -0.114. The van der Waals surface area contributed by atoms with Crippen LogP contribution in [0.3, 0.4) is 0 Å². The summed E-state index contributed by atoms with van der Waals surface area (Å²) in [6, 6.07) is 4.17. The van der Waals surface area contributed by atoms with E-state index < -0.39 is 24.5 Å². The van der Waals surface area contributed by atoms with Crippen molar-refractivity contribution in [3.05, 3.63) is 18.2 Å². The fourth-order valence-electron chi connectivity index (χ4n) is 1.99. The molecule has 0 aromatic heterocycles. The Hall–Kier alpha value is -2.77. The minimum Gasteiger partial charge on any atom is -0.490 e. The molecule has 1 aromatic rings. The predicted molar refractivity (Wildman–Crippen MR) is 96.4 cm³/mol. The Morgan fingerprint density at radius 2 is 1.69 bits per heavy atom.